The molecule has 28 heavy (non-hydrogen) atoms. The molecule has 0 spiro atoms. The van der Waals surface area contributed by atoms with Crippen LogP contribution in [-0.4, -0.2) is 21.8 Å². The first kappa shape index (κ1) is 18.3. The molecule has 0 aliphatic rings. The van der Waals surface area contributed by atoms with Gasteiger partial charge in [-0.3, -0.25) is 5.43 Å². The predicted octanol–water partition coefficient (Wildman–Crippen LogP) is 5.87. The number of fused-ring (bicyclic) bond motifs is 1. The summed E-state index contributed by atoms with van der Waals surface area (Å²) < 4.78 is 1.12. The molecule has 4 aromatic rings. The molecular weight excluding hydrogens is 390 g/mol. The SMILES string of the molecule is C/C(=N\Nc1nc2ccccc2s1)c1ccc(-c2cccc(C(=O)O)c2C)s1. The van der Waals surface area contributed by atoms with Crippen LogP contribution in [0.2, 0.25) is 0 Å². The summed E-state index contributed by atoms with van der Waals surface area (Å²) in [6.07, 6.45) is 0. The van der Waals surface area contributed by atoms with E-state index >= 15 is 0 Å². The van der Waals surface area contributed by atoms with Crippen LogP contribution in [0.4, 0.5) is 5.13 Å². The fraction of sp³-hybridized carbons (Fsp3) is 0.0952. The van der Waals surface area contributed by atoms with E-state index in [0.29, 0.717) is 5.56 Å². The van der Waals surface area contributed by atoms with Crippen molar-refractivity contribution in [2.75, 3.05) is 5.43 Å². The molecular formula is C21H17N3O2S2. The zero-order valence-electron chi connectivity index (χ0n) is 15.3. The lowest BCUT2D eigenvalue weighted by atomic mass is 10.0. The van der Waals surface area contributed by atoms with Gasteiger partial charge in [-0.15, -0.1) is 11.3 Å². The van der Waals surface area contributed by atoms with Gasteiger partial charge in [0.25, 0.3) is 0 Å². The first-order valence-corrected chi connectivity index (χ1v) is 10.3. The Morgan fingerprint density at radius 3 is 2.68 bits per heavy atom. The number of thiophene rings is 1. The van der Waals surface area contributed by atoms with E-state index in [4.69, 9.17) is 0 Å². The number of carbonyl (C=O) groups is 1. The standard InChI is InChI=1S/C21H17N3O2S2/c1-12-14(6-5-7-15(12)20(25)26)18-11-10-17(27-18)13(2)23-24-21-22-16-8-3-4-9-19(16)28-21/h3-11H,1-2H3,(H,22,24)(H,25,26)/b23-13+. The Kier molecular flexibility index (Phi) is 4.93. The third-order valence-corrected chi connectivity index (χ3v) is 6.57. The van der Waals surface area contributed by atoms with Gasteiger partial charge < -0.3 is 5.11 Å². The van der Waals surface area contributed by atoms with Crippen molar-refractivity contribution in [1.29, 1.82) is 0 Å². The van der Waals surface area contributed by atoms with E-state index in [9.17, 15) is 9.90 Å². The Balaban J connectivity index is 1.57. The van der Waals surface area contributed by atoms with Crippen LogP contribution in [0.15, 0.2) is 59.7 Å². The number of nitrogens with one attached hydrogen (secondary N) is 1. The minimum Gasteiger partial charge on any atom is -0.478 e. The number of thiazole rings is 1. The molecule has 0 radical (unpaired) electrons. The first-order valence-electron chi connectivity index (χ1n) is 8.62. The fourth-order valence-corrected chi connectivity index (χ4v) is 4.76. The van der Waals surface area contributed by atoms with Gasteiger partial charge in [-0.1, -0.05) is 35.6 Å². The van der Waals surface area contributed by atoms with Gasteiger partial charge >= 0.3 is 5.97 Å². The smallest absolute Gasteiger partial charge is 0.335 e. The lowest BCUT2D eigenvalue weighted by molar-refractivity contribution is 0.0696. The van der Waals surface area contributed by atoms with Gasteiger partial charge in [0.1, 0.15) is 0 Å². The number of aromatic nitrogens is 1. The van der Waals surface area contributed by atoms with Gasteiger partial charge in [-0.25, -0.2) is 9.78 Å². The summed E-state index contributed by atoms with van der Waals surface area (Å²) in [5, 5.41) is 14.6. The van der Waals surface area contributed by atoms with Crippen molar-refractivity contribution < 1.29 is 9.90 Å². The number of nitrogens with zero attached hydrogens (tertiary/aromatic N) is 2. The third-order valence-electron chi connectivity index (χ3n) is 4.41. The summed E-state index contributed by atoms with van der Waals surface area (Å²) in [6, 6.07) is 17.3. The highest BCUT2D eigenvalue weighted by Crippen LogP contribution is 2.32. The maximum Gasteiger partial charge on any atom is 0.335 e. The lowest BCUT2D eigenvalue weighted by Crippen LogP contribution is -2.00. The second kappa shape index (κ2) is 7.53. The Morgan fingerprint density at radius 2 is 1.89 bits per heavy atom. The Labute approximate surface area is 170 Å². The highest BCUT2D eigenvalue weighted by molar-refractivity contribution is 7.22. The minimum absolute atomic E-state index is 0.329. The van der Waals surface area contributed by atoms with Crippen LogP contribution in [0.5, 0.6) is 0 Å². The minimum atomic E-state index is -0.908. The molecule has 0 saturated heterocycles. The van der Waals surface area contributed by atoms with E-state index in [1.54, 1.807) is 34.8 Å². The van der Waals surface area contributed by atoms with Gasteiger partial charge in [0.05, 0.1) is 26.4 Å². The van der Waals surface area contributed by atoms with Crippen LogP contribution in [0.3, 0.4) is 0 Å². The number of hydrogen-bond donors (Lipinski definition) is 2. The van der Waals surface area contributed by atoms with Crippen molar-refractivity contribution in [3.63, 3.8) is 0 Å². The third kappa shape index (κ3) is 3.54. The normalized spacial score (nSPS) is 11.7. The monoisotopic (exact) mass is 407 g/mol. The molecule has 0 unspecified atom stereocenters. The maximum absolute atomic E-state index is 11.4. The number of rotatable bonds is 5. The van der Waals surface area contributed by atoms with Gasteiger partial charge in [0.2, 0.25) is 5.13 Å². The van der Waals surface area contributed by atoms with Crippen molar-refractivity contribution in [3.05, 3.63) is 70.6 Å². The molecule has 0 fully saturated rings. The molecule has 4 rings (SSSR count). The van der Waals surface area contributed by atoms with Crippen LogP contribution < -0.4 is 5.43 Å². The van der Waals surface area contributed by atoms with E-state index in [-0.39, 0.29) is 0 Å². The molecule has 2 aromatic carbocycles. The number of para-hydroxylation sites is 1. The fourth-order valence-electron chi connectivity index (χ4n) is 2.92. The molecule has 2 N–H and O–H groups in total. The summed E-state index contributed by atoms with van der Waals surface area (Å²) in [5.41, 5.74) is 6.88. The topological polar surface area (TPSA) is 74.6 Å². The summed E-state index contributed by atoms with van der Waals surface area (Å²) in [4.78, 5) is 17.9. The number of hydrazone groups is 1. The van der Waals surface area contributed by atoms with Crippen LogP contribution >= 0.6 is 22.7 Å². The highest BCUT2D eigenvalue weighted by Gasteiger charge is 2.13. The summed E-state index contributed by atoms with van der Waals surface area (Å²) in [5.74, 6) is -0.908. The zero-order valence-corrected chi connectivity index (χ0v) is 16.9. The van der Waals surface area contributed by atoms with E-state index in [1.807, 2.05) is 56.3 Å². The molecule has 0 aliphatic heterocycles. The molecule has 0 aliphatic carbocycles. The highest BCUT2D eigenvalue weighted by atomic mass is 32.1. The maximum atomic E-state index is 11.4. The van der Waals surface area contributed by atoms with Crippen molar-refractivity contribution in [2.45, 2.75) is 13.8 Å². The first-order chi connectivity index (χ1) is 13.5. The summed E-state index contributed by atoms with van der Waals surface area (Å²) >= 11 is 3.15. The lowest BCUT2D eigenvalue weighted by Gasteiger charge is -2.06. The molecule has 7 heteroatoms. The van der Waals surface area contributed by atoms with Crippen LogP contribution in [0.25, 0.3) is 20.7 Å². The van der Waals surface area contributed by atoms with E-state index < -0.39 is 5.97 Å². The van der Waals surface area contributed by atoms with Crippen molar-refractivity contribution in [3.8, 4) is 10.4 Å². The van der Waals surface area contributed by atoms with Gasteiger partial charge in [-0.2, -0.15) is 5.10 Å². The molecule has 5 nitrogen and oxygen atoms in total. The van der Waals surface area contributed by atoms with Crippen LogP contribution in [-0.2, 0) is 0 Å². The van der Waals surface area contributed by atoms with Crippen molar-refractivity contribution >= 4 is 49.7 Å². The quantitative estimate of drug-likeness (QED) is 0.321. The number of benzene rings is 2. The van der Waals surface area contributed by atoms with Crippen molar-refractivity contribution in [1.82, 2.24) is 4.98 Å². The Morgan fingerprint density at radius 1 is 1.07 bits per heavy atom. The van der Waals surface area contributed by atoms with Gasteiger partial charge in [0, 0.05) is 4.88 Å². The van der Waals surface area contributed by atoms with Crippen LogP contribution in [0.1, 0.15) is 27.7 Å². The zero-order chi connectivity index (χ0) is 19.7. The number of carboxylic acid groups (broad SMARTS) is 1. The van der Waals surface area contributed by atoms with E-state index in [1.165, 1.54) is 0 Å². The molecule has 2 heterocycles. The molecule has 2 aromatic heterocycles. The number of carboxylic acids is 1. The summed E-state index contributed by atoms with van der Waals surface area (Å²) in [6.45, 7) is 3.78. The van der Waals surface area contributed by atoms with Gasteiger partial charge in [-0.05, 0) is 55.3 Å². The summed E-state index contributed by atoms with van der Waals surface area (Å²) in [7, 11) is 0. The average Bonchev–Trinajstić information content (AvgIpc) is 3.33. The molecule has 0 amide bonds. The number of hydrogen-bond acceptors (Lipinski definition) is 6. The molecule has 0 saturated carbocycles. The van der Waals surface area contributed by atoms with Gasteiger partial charge in [0.15, 0.2) is 0 Å². The van der Waals surface area contributed by atoms with E-state index in [0.717, 1.165) is 41.9 Å². The second-order valence-electron chi connectivity index (χ2n) is 6.24. The average molecular weight is 408 g/mol. The molecule has 0 bridgehead atoms. The second-order valence-corrected chi connectivity index (χ2v) is 8.36. The van der Waals surface area contributed by atoms with E-state index in [2.05, 4.69) is 15.5 Å². The van der Waals surface area contributed by atoms with Crippen LogP contribution in [0, 0.1) is 6.92 Å². The Hall–Kier alpha value is -3.03. The molecule has 140 valence electrons. The largest absolute Gasteiger partial charge is 0.478 e. The number of aromatic carboxylic acids is 1. The molecule has 0 atom stereocenters. The Bertz CT molecular complexity index is 1170. The van der Waals surface area contributed by atoms with Crippen molar-refractivity contribution in [2.24, 2.45) is 5.10 Å². The predicted molar refractivity (Wildman–Crippen MR) is 117 cm³/mol. The number of anilines is 1.